The quantitative estimate of drug-likeness (QED) is 0.452. The van der Waals surface area contributed by atoms with Crippen molar-refractivity contribution in [3.8, 4) is 5.75 Å². The monoisotopic (exact) mass is 342 g/mol. The minimum absolute atomic E-state index is 0.179. The average Bonchev–Trinajstić information content (AvgIpc) is 2.41. The second-order valence-electron chi connectivity index (χ2n) is 3.51. The highest BCUT2D eigenvalue weighted by atomic mass is 79.9. The van der Waals surface area contributed by atoms with Crippen molar-refractivity contribution < 1.29 is 23.8 Å². The number of carbonyl (C=O) groups excluding carboxylic acids is 2. The smallest absolute Gasteiger partial charge is 0.374 e. The van der Waals surface area contributed by atoms with Crippen LogP contribution in [-0.4, -0.2) is 25.2 Å². The van der Waals surface area contributed by atoms with Crippen LogP contribution in [0.2, 0.25) is 0 Å². The molecule has 0 unspecified atom stereocenters. The Labute approximate surface area is 125 Å². The molecule has 5 nitrogen and oxygen atoms in total. The van der Waals surface area contributed by atoms with Crippen LogP contribution in [0.15, 0.2) is 40.6 Å². The van der Waals surface area contributed by atoms with Crippen LogP contribution >= 0.6 is 15.9 Å². The van der Waals surface area contributed by atoms with Gasteiger partial charge < -0.3 is 14.2 Å². The van der Waals surface area contributed by atoms with Crippen LogP contribution in [0.4, 0.5) is 0 Å². The van der Waals surface area contributed by atoms with E-state index in [1.807, 2.05) is 0 Å². The summed E-state index contributed by atoms with van der Waals surface area (Å²) >= 11 is 3.29. The van der Waals surface area contributed by atoms with Gasteiger partial charge in [0.2, 0.25) is 5.76 Å². The molecular weight excluding hydrogens is 328 g/mol. The van der Waals surface area contributed by atoms with Gasteiger partial charge in [0.15, 0.2) is 0 Å². The lowest BCUT2D eigenvalue weighted by Crippen LogP contribution is -2.15. The van der Waals surface area contributed by atoms with Gasteiger partial charge in [-0.15, -0.1) is 0 Å². The van der Waals surface area contributed by atoms with Gasteiger partial charge in [-0.3, -0.25) is 0 Å². The van der Waals surface area contributed by atoms with Gasteiger partial charge in [0, 0.05) is 0 Å². The minimum Gasteiger partial charge on any atom is -0.463 e. The van der Waals surface area contributed by atoms with E-state index in [-0.39, 0.29) is 19.0 Å². The van der Waals surface area contributed by atoms with Crippen molar-refractivity contribution in [3.63, 3.8) is 0 Å². The zero-order chi connectivity index (χ0) is 15.0. The first kappa shape index (κ1) is 16.2. The first-order chi connectivity index (χ1) is 9.58. The molecule has 0 bridgehead atoms. The van der Waals surface area contributed by atoms with Crippen LogP contribution in [0.25, 0.3) is 0 Å². The van der Waals surface area contributed by atoms with Crippen molar-refractivity contribution in [2.75, 3.05) is 13.2 Å². The maximum Gasteiger partial charge on any atom is 0.374 e. The van der Waals surface area contributed by atoms with Crippen LogP contribution in [0.3, 0.4) is 0 Å². The highest BCUT2D eigenvalue weighted by Gasteiger charge is 2.17. The van der Waals surface area contributed by atoms with E-state index >= 15 is 0 Å². The fourth-order valence-corrected chi connectivity index (χ4v) is 1.63. The Bertz CT molecular complexity index is 510. The summed E-state index contributed by atoms with van der Waals surface area (Å²) < 4.78 is 15.7. The summed E-state index contributed by atoms with van der Waals surface area (Å²) in [6, 6.07) is 6.95. The Morgan fingerprint density at radius 2 is 1.80 bits per heavy atom. The predicted molar refractivity (Wildman–Crippen MR) is 76.1 cm³/mol. The van der Waals surface area contributed by atoms with E-state index in [2.05, 4.69) is 15.9 Å². The molecule has 0 amide bonds. The number of esters is 2. The maximum absolute atomic E-state index is 11.8. The Kier molecular flexibility index (Phi) is 6.79. The normalized spacial score (nSPS) is 10.8. The van der Waals surface area contributed by atoms with Gasteiger partial charge in [0.25, 0.3) is 0 Å². The third-order valence-corrected chi connectivity index (χ3v) is 2.72. The summed E-state index contributed by atoms with van der Waals surface area (Å²) in [7, 11) is 0. The number of hydrogen-bond acceptors (Lipinski definition) is 5. The highest BCUT2D eigenvalue weighted by Crippen LogP contribution is 2.26. The molecule has 1 rings (SSSR count). The van der Waals surface area contributed by atoms with E-state index in [9.17, 15) is 9.59 Å². The Morgan fingerprint density at radius 3 is 2.40 bits per heavy atom. The van der Waals surface area contributed by atoms with Gasteiger partial charge in [0.05, 0.1) is 23.8 Å². The van der Waals surface area contributed by atoms with Crippen molar-refractivity contribution in [1.82, 2.24) is 0 Å². The molecule has 6 heteroatoms. The predicted octanol–water partition coefficient (Wildman–Crippen LogP) is 2.84. The van der Waals surface area contributed by atoms with E-state index in [1.165, 1.54) is 0 Å². The molecule has 0 radical (unpaired) electrons. The third-order valence-electron chi connectivity index (χ3n) is 2.07. The van der Waals surface area contributed by atoms with Gasteiger partial charge in [-0.1, -0.05) is 12.1 Å². The number of hydrogen-bond donors (Lipinski definition) is 0. The van der Waals surface area contributed by atoms with Crippen molar-refractivity contribution in [1.29, 1.82) is 0 Å². The molecule has 0 aliphatic heterocycles. The number of para-hydroxylation sites is 1. The lowest BCUT2D eigenvalue weighted by molar-refractivity contribution is -0.143. The third kappa shape index (κ3) is 5.05. The minimum atomic E-state index is -0.726. The molecule has 0 spiro atoms. The molecule has 0 fully saturated rings. The summed E-state index contributed by atoms with van der Waals surface area (Å²) in [6.45, 7) is 3.72. The molecule has 0 atom stereocenters. The van der Waals surface area contributed by atoms with Crippen molar-refractivity contribution in [3.05, 3.63) is 40.6 Å². The van der Waals surface area contributed by atoms with Crippen molar-refractivity contribution in [2.24, 2.45) is 0 Å². The van der Waals surface area contributed by atoms with Crippen LogP contribution in [-0.2, 0) is 19.1 Å². The lowest BCUT2D eigenvalue weighted by Gasteiger charge is -2.10. The first-order valence-electron chi connectivity index (χ1n) is 6.06. The Morgan fingerprint density at radius 1 is 1.15 bits per heavy atom. The summed E-state index contributed by atoms with van der Waals surface area (Å²) in [5.74, 6) is -1.22. The zero-order valence-corrected chi connectivity index (χ0v) is 12.8. The molecule has 0 saturated carbocycles. The topological polar surface area (TPSA) is 61.8 Å². The number of ether oxygens (including phenoxy) is 3. The van der Waals surface area contributed by atoms with E-state index in [0.717, 1.165) is 6.08 Å². The molecule has 0 aliphatic rings. The number of carbonyl (C=O) groups is 2. The zero-order valence-electron chi connectivity index (χ0n) is 11.2. The Balaban J connectivity index is 2.96. The number of benzene rings is 1. The van der Waals surface area contributed by atoms with E-state index in [0.29, 0.717) is 10.2 Å². The molecule has 108 valence electrons. The molecule has 1 aromatic carbocycles. The van der Waals surface area contributed by atoms with Gasteiger partial charge in [-0.25, -0.2) is 9.59 Å². The van der Waals surface area contributed by atoms with Crippen LogP contribution in [0.5, 0.6) is 5.75 Å². The number of rotatable bonds is 6. The number of halogens is 1. The molecule has 0 N–H and O–H groups in total. The second kappa shape index (κ2) is 8.37. The molecular formula is C14H15BrO5. The van der Waals surface area contributed by atoms with Crippen LogP contribution in [0, 0.1) is 0 Å². The summed E-state index contributed by atoms with van der Waals surface area (Å²) in [5, 5.41) is 0. The van der Waals surface area contributed by atoms with Crippen LogP contribution in [0.1, 0.15) is 13.8 Å². The van der Waals surface area contributed by atoms with Crippen LogP contribution < -0.4 is 4.74 Å². The molecule has 0 aliphatic carbocycles. The summed E-state index contributed by atoms with van der Waals surface area (Å²) in [5.41, 5.74) is 0. The largest absolute Gasteiger partial charge is 0.463 e. The molecule has 0 aromatic heterocycles. The van der Waals surface area contributed by atoms with Gasteiger partial charge >= 0.3 is 11.9 Å². The molecule has 1 aromatic rings. The van der Waals surface area contributed by atoms with Gasteiger partial charge in [-0.05, 0) is 41.9 Å². The average molecular weight is 343 g/mol. The molecule has 20 heavy (non-hydrogen) atoms. The highest BCUT2D eigenvalue weighted by molar-refractivity contribution is 9.10. The molecule has 0 saturated heterocycles. The Hall–Kier alpha value is -1.82. The summed E-state index contributed by atoms with van der Waals surface area (Å²) in [6.07, 6.45) is 0.973. The van der Waals surface area contributed by atoms with E-state index < -0.39 is 11.9 Å². The standard InChI is InChI=1S/C14H15BrO5/c1-3-18-13(16)9-12(14(17)19-4-2)20-11-8-6-5-7-10(11)15/h5-9H,3-4H2,1-2H3/b12-9-. The fraction of sp³-hybridized carbons (Fsp3) is 0.286. The first-order valence-corrected chi connectivity index (χ1v) is 6.85. The van der Waals surface area contributed by atoms with E-state index in [4.69, 9.17) is 14.2 Å². The SMILES string of the molecule is CCOC(=O)/C=C(\Oc1ccccc1Br)C(=O)OCC. The van der Waals surface area contributed by atoms with Crippen molar-refractivity contribution >= 4 is 27.9 Å². The fourth-order valence-electron chi connectivity index (χ4n) is 1.27. The lowest BCUT2D eigenvalue weighted by atomic mass is 10.3. The maximum atomic E-state index is 11.8. The van der Waals surface area contributed by atoms with Gasteiger partial charge in [-0.2, -0.15) is 0 Å². The van der Waals surface area contributed by atoms with E-state index in [1.54, 1.807) is 38.1 Å². The van der Waals surface area contributed by atoms with Crippen molar-refractivity contribution in [2.45, 2.75) is 13.8 Å². The summed E-state index contributed by atoms with van der Waals surface area (Å²) in [4.78, 5) is 23.2. The second-order valence-corrected chi connectivity index (χ2v) is 4.37. The molecule has 0 heterocycles. The van der Waals surface area contributed by atoms with Gasteiger partial charge in [0.1, 0.15) is 5.75 Å².